The van der Waals surface area contributed by atoms with Crippen molar-refractivity contribution in [3.63, 3.8) is 0 Å². The van der Waals surface area contributed by atoms with Crippen molar-refractivity contribution in [2.24, 2.45) is 0 Å². The van der Waals surface area contributed by atoms with E-state index in [9.17, 15) is 4.79 Å². The number of nitrogens with zero attached hydrogens (tertiary/aromatic N) is 2. The Morgan fingerprint density at radius 1 is 0.818 bits per heavy atom. The van der Waals surface area contributed by atoms with Gasteiger partial charge in [0.15, 0.2) is 0 Å². The van der Waals surface area contributed by atoms with Crippen LogP contribution in [0.3, 0.4) is 0 Å². The van der Waals surface area contributed by atoms with Crippen LogP contribution in [0.4, 0.5) is 0 Å². The number of nitrogens with one attached hydrogen (secondary N) is 1. The Bertz CT molecular complexity index is 469. The second-order valence-electron chi connectivity index (χ2n) is 9.95. The van der Waals surface area contributed by atoms with Gasteiger partial charge in [0.25, 0.3) is 0 Å². The van der Waals surface area contributed by atoms with Crippen molar-refractivity contribution in [3.05, 3.63) is 19.6 Å². The summed E-state index contributed by atoms with van der Waals surface area (Å²) < 4.78 is 1.17. The van der Waals surface area contributed by atoms with Gasteiger partial charge in [0.05, 0.1) is 32.7 Å². The Kier molecular flexibility index (Phi) is 21.1. The first-order valence-electron chi connectivity index (χ1n) is 14.1. The molecule has 4 nitrogen and oxygen atoms in total. The molecule has 0 aromatic carbocycles. The Morgan fingerprint density at radius 2 is 1.36 bits per heavy atom. The fraction of sp³-hybridized carbons (Fsp3) is 0.862. The number of amides is 1. The molecule has 196 valence electrons. The maximum atomic E-state index is 12.2. The van der Waals surface area contributed by atoms with Crippen molar-refractivity contribution in [1.29, 1.82) is 0 Å². The number of carbonyl (C=O) groups is 1. The van der Waals surface area contributed by atoms with Gasteiger partial charge in [-0.1, -0.05) is 77.4 Å². The van der Waals surface area contributed by atoms with E-state index in [0.717, 1.165) is 26.1 Å². The zero-order chi connectivity index (χ0) is 23.3. The first kappa shape index (κ1) is 32.1. The molecule has 0 atom stereocenters. The quantitative estimate of drug-likeness (QED) is 0.0932. The van der Waals surface area contributed by atoms with Crippen LogP contribution in [0.2, 0.25) is 0 Å². The maximum Gasteiger partial charge on any atom is 0.220 e. The highest BCUT2D eigenvalue weighted by Gasteiger charge is 2.30. The Hall–Kier alpha value is -0.870. The molecule has 33 heavy (non-hydrogen) atoms. The molecular weight excluding hydrogens is 406 g/mol. The molecule has 1 N–H and O–H groups in total. The average molecular weight is 466 g/mol. The topological polar surface area (TPSA) is 32.3 Å². The second kappa shape index (κ2) is 21.6. The summed E-state index contributed by atoms with van der Waals surface area (Å²) in [6, 6.07) is 0. The number of quaternary nitrogens is 1. The average Bonchev–Trinajstić information content (AvgIpc) is 2.82. The van der Waals surface area contributed by atoms with Gasteiger partial charge in [-0.05, 0) is 45.6 Å². The van der Waals surface area contributed by atoms with Crippen molar-refractivity contribution >= 4 is 5.91 Å². The molecule has 1 heterocycles. The minimum absolute atomic E-state index is 0. The van der Waals surface area contributed by atoms with E-state index in [4.69, 9.17) is 0 Å². The number of rotatable bonds is 20. The summed E-state index contributed by atoms with van der Waals surface area (Å²) in [7, 11) is 0. The van der Waals surface area contributed by atoms with Crippen LogP contribution in [-0.4, -0.2) is 67.6 Å². The summed E-state index contributed by atoms with van der Waals surface area (Å²) in [4.78, 5) is 14.7. The summed E-state index contributed by atoms with van der Waals surface area (Å²) in [5.41, 5.74) is 0. The summed E-state index contributed by atoms with van der Waals surface area (Å²) in [6.07, 6.45) is 22.4. The minimum atomic E-state index is 0. The fourth-order valence-electron chi connectivity index (χ4n) is 4.82. The van der Waals surface area contributed by atoms with Gasteiger partial charge in [-0.3, -0.25) is 9.69 Å². The number of likely N-dealkylation sites (N-methyl/N-ethyl adjacent to an activating group) is 2. The molecule has 1 aliphatic rings. The molecule has 1 aliphatic heterocycles. The van der Waals surface area contributed by atoms with E-state index in [0.29, 0.717) is 6.42 Å². The molecular formula is C29H59N3O. The van der Waals surface area contributed by atoms with Crippen molar-refractivity contribution < 1.29 is 9.28 Å². The number of hydrogen-bond acceptors (Lipinski definition) is 2. The lowest BCUT2D eigenvalue weighted by molar-refractivity contribution is -0.929. The molecule has 1 fully saturated rings. The number of carbonyl (C=O) groups excluding carboxylic acids is 1. The van der Waals surface area contributed by atoms with Gasteiger partial charge in [0.1, 0.15) is 0 Å². The molecule has 0 aromatic heterocycles. The van der Waals surface area contributed by atoms with Crippen LogP contribution >= 0.6 is 0 Å². The number of allylic oxidation sites excluding steroid dienone is 2. The van der Waals surface area contributed by atoms with Crippen LogP contribution < -0.4 is 5.32 Å². The van der Waals surface area contributed by atoms with E-state index < -0.39 is 0 Å². The van der Waals surface area contributed by atoms with Crippen LogP contribution in [0, 0.1) is 7.43 Å². The third-order valence-electron chi connectivity index (χ3n) is 7.47. The van der Waals surface area contributed by atoms with Gasteiger partial charge in [-0.15, -0.1) is 0 Å². The second-order valence-corrected chi connectivity index (χ2v) is 9.95. The van der Waals surface area contributed by atoms with Gasteiger partial charge in [-0.25, -0.2) is 0 Å². The first-order valence-corrected chi connectivity index (χ1v) is 14.1. The van der Waals surface area contributed by atoms with Gasteiger partial charge in [0, 0.05) is 19.5 Å². The van der Waals surface area contributed by atoms with E-state index in [2.05, 4.69) is 43.1 Å². The monoisotopic (exact) mass is 465 g/mol. The minimum Gasteiger partial charge on any atom is -0.358 e. The van der Waals surface area contributed by atoms with E-state index in [1.807, 2.05) is 0 Å². The number of hydrogen-bond donors (Lipinski definition) is 1. The predicted molar refractivity (Wildman–Crippen MR) is 146 cm³/mol. The lowest BCUT2D eigenvalue weighted by Gasteiger charge is -2.44. The molecule has 0 saturated carbocycles. The zero-order valence-electron chi connectivity index (χ0n) is 23.0. The van der Waals surface area contributed by atoms with Gasteiger partial charge >= 0.3 is 0 Å². The number of unbranched alkanes of at least 4 members (excludes halogenated alkanes) is 11. The molecule has 4 heteroatoms. The predicted octanol–water partition coefficient (Wildman–Crippen LogP) is 6.76. The Morgan fingerprint density at radius 3 is 1.91 bits per heavy atom. The third-order valence-corrected chi connectivity index (χ3v) is 7.47. The van der Waals surface area contributed by atoms with Gasteiger partial charge in [-0.2, -0.15) is 0 Å². The van der Waals surface area contributed by atoms with Crippen molar-refractivity contribution in [3.8, 4) is 0 Å². The SMILES string of the molecule is CCCCCCCC/C=C\CCCCCCCC(=O)NCC[N+]1(CC)CCN(CC)CC1.[CH3-]. The van der Waals surface area contributed by atoms with Gasteiger partial charge in [0.2, 0.25) is 5.91 Å². The van der Waals surface area contributed by atoms with Crippen LogP contribution in [0.1, 0.15) is 111 Å². The maximum absolute atomic E-state index is 12.2. The molecule has 0 aromatic rings. The zero-order valence-corrected chi connectivity index (χ0v) is 23.0. The standard InChI is InChI=1S/C28H55N3O.CH3/c1-4-7-8-9-10-11-12-13-14-15-16-17-18-19-20-21-28(32)29-22-25-31(6-3)26-23-30(5-2)24-27-31;/h13-14H,4-12,15-27H2,1-3H3;1H3/q;-1/p+1/b14-13-;. The van der Waals surface area contributed by atoms with Gasteiger partial charge < -0.3 is 17.2 Å². The summed E-state index contributed by atoms with van der Waals surface area (Å²) in [6.45, 7) is 16.0. The molecule has 0 spiro atoms. The summed E-state index contributed by atoms with van der Waals surface area (Å²) >= 11 is 0. The smallest absolute Gasteiger partial charge is 0.220 e. The molecule has 1 saturated heterocycles. The van der Waals surface area contributed by atoms with Crippen LogP contribution in [0.5, 0.6) is 0 Å². The lowest BCUT2D eigenvalue weighted by atomic mass is 10.1. The molecule has 1 amide bonds. The van der Waals surface area contributed by atoms with Crippen LogP contribution in [-0.2, 0) is 4.79 Å². The Balaban J connectivity index is 0.0000102. The van der Waals surface area contributed by atoms with E-state index in [1.54, 1.807) is 0 Å². The number of piperazine rings is 1. The lowest BCUT2D eigenvalue weighted by Crippen LogP contribution is -2.61. The van der Waals surface area contributed by atoms with Crippen LogP contribution in [0.25, 0.3) is 0 Å². The van der Waals surface area contributed by atoms with Crippen molar-refractivity contribution in [2.75, 3.05) is 52.4 Å². The van der Waals surface area contributed by atoms with E-state index >= 15 is 0 Å². The molecule has 0 bridgehead atoms. The third kappa shape index (κ3) is 16.4. The van der Waals surface area contributed by atoms with E-state index in [1.165, 1.54) is 114 Å². The largest absolute Gasteiger partial charge is 0.358 e. The molecule has 0 aliphatic carbocycles. The van der Waals surface area contributed by atoms with Crippen molar-refractivity contribution in [1.82, 2.24) is 10.2 Å². The molecule has 0 radical (unpaired) electrons. The van der Waals surface area contributed by atoms with Crippen LogP contribution in [0.15, 0.2) is 12.2 Å². The highest BCUT2D eigenvalue weighted by Crippen LogP contribution is 2.13. The highest BCUT2D eigenvalue weighted by atomic mass is 16.1. The molecule has 1 rings (SSSR count). The fourth-order valence-corrected chi connectivity index (χ4v) is 4.82. The Labute approximate surface area is 208 Å². The normalized spacial score (nSPS) is 16.1. The summed E-state index contributed by atoms with van der Waals surface area (Å²) in [5.74, 6) is 0.254. The molecule has 0 unspecified atom stereocenters. The first-order chi connectivity index (χ1) is 15.7. The highest BCUT2D eigenvalue weighted by molar-refractivity contribution is 5.75. The summed E-state index contributed by atoms with van der Waals surface area (Å²) in [5, 5.41) is 3.19. The van der Waals surface area contributed by atoms with E-state index in [-0.39, 0.29) is 13.3 Å². The van der Waals surface area contributed by atoms with Crippen molar-refractivity contribution in [2.45, 2.75) is 111 Å².